The standard InChI is InChI=1S/C13H19ClN2O2/c1-3-9(2)12(8-17)16-13(18)15-11-6-4-10(14)5-7-11/h4-7,9,12,17H,3,8H2,1-2H3,(H2,15,16,18)/t9-,12+/m0/s1. The minimum Gasteiger partial charge on any atom is -0.394 e. The van der Waals surface area contributed by atoms with Crippen molar-refractivity contribution in [2.24, 2.45) is 5.92 Å². The number of hydrogen-bond acceptors (Lipinski definition) is 2. The summed E-state index contributed by atoms with van der Waals surface area (Å²) >= 11 is 5.75. The van der Waals surface area contributed by atoms with Crippen molar-refractivity contribution in [3.8, 4) is 0 Å². The van der Waals surface area contributed by atoms with Gasteiger partial charge in [0.15, 0.2) is 0 Å². The molecule has 0 fully saturated rings. The molecule has 4 nitrogen and oxygen atoms in total. The van der Waals surface area contributed by atoms with E-state index >= 15 is 0 Å². The van der Waals surface area contributed by atoms with Crippen LogP contribution in [0.5, 0.6) is 0 Å². The van der Waals surface area contributed by atoms with E-state index in [2.05, 4.69) is 10.6 Å². The molecule has 2 atom stereocenters. The Balaban J connectivity index is 2.52. The maximum absolute atomic E-state index is 11.7. The summed E-state index contributed by atoms with van der Waals surface area (Å²) in [4.78, 5) is 11.7. The summed E-state index contributed by atoms with van der Waals surface area (Å²) in [6.07, 6.45) is 0.895. The first-order valence-electron chi connectivity index (χ1n) is 6.00. The van der Waals surface area contributed by atoms with E-state index in [0.29, 0.717) is 10.7 Å². The molecule has 0 saturated carbocycles. The molecule has 1 rings (SSSR count). The molecule has 1 aromatic rings. The van der Waals surface area contributed by atoms with E-state index in [4.69, 9.17) is 11.6 Å². The second kappa shape index (κ2) is 7.24. The zero-order valence-electron chi connectivity index (χ0n) is 10.6. The number of hydrogen-bond donors (Lipinski definition) is 3. The average Bonchev–Trinajstić information content (AvgIpc) is 2.37. The van der Waals surface area contributed by atoms with Gasteiger partial charge in [-0.05, 0) is 30.2 Å². The van der Waals surface area contributed by atoms with Crippen molar-refractivity contribution < 1.29 is 9.90 Å². The van der Waals surface area contributed by atoms with Crippen LogP contribution in [0.1, 0.15) is 20.3 Å². The van der Waals surface area contributed by atoms with Crippen molar-refractivity contribution in [3.05, 3.63) is 29.3 Å². The molecular weight excluding hydrogens is 252 g/mol. The second-order valence-electron chi connectivity index (χ2n) is 4.28. The van der Waals surface area contributed by atoms with Crippen molar-refractivity contribution in [2.75, 3.05) is 11.9 Å². The fraction of sp³-hybridized carbons (Fsp3) is 0.462. The van der Waals surface area contributed by atoms with Gasteiger partial charge in [0.1, 0.15) is 0 Å². The van der Waals surface area contributed by atoms with Gasteiger partial charge < -0.3 is 15.7 Å². The molecule has 3 N–H and O–H groups in total. The van der Waals surface area contributed by atoms with Crippen molar-refractivity contribution in [1.29, 1.82) is 0 Å². The lowest BCUT2D eigenvalue weighted by atomic mass is 10.0. The van der Waals surface area contributed by atoms with Crippen LogP contribution in [0.3, 0.4) is 0 Å². The Morgan fingerprint density at radius 1 is 1.39 bits per heavy atom. The Morgan fingerprint density at radius 2 is 2.00 bits per heavy atom. The number of urea groups is 1. The minimum absolute atomic E-state index is 0.0664. The Labute approximate surface area is 112 Å². The van der Waals surface area contributed by atoms with Crippen molar-refractivity contribution in [1.82, 2.24) is 5.32 Å². The van der Waals surface area contributed by atoms with Crippen LogP contribution in [-0.4, -0.2) is 23.8 Å². The van der Waals surface area contributed by atoms with Crippen LogP contribution >= 0.6 is 11.6 Å². The molecule has 0 spiro atoms. The molecule has 0 saturated heterocycles. The van der Waals surface area contributed by atoms with E-state index in [9.17, 15) is 9.90 Å². The molecule has 1 aromatic carbocycles. The SMILES string of the molecule is CC[C@H](C)[C@@H](CO)NC(=O)Nc1ccc(Cl)cc1. The van der Waals surface area contributed by atoms with Crippen LogP contribution < -0.4 is 10.6 Å². The highest BCUT2D eigenvalue weighted by Crippen LogP contribution is 2.13. The third-order valence-corrected chi connectivity index (χ3v) is 3.20. The van der Waals surface area contributed by atoms with Crippen LogP contribution in [-0.2, 0) is 0 Å². The normalized spacial score (nSPS) is 13.8. The molecular formula is C13H19ClN2O2. The number of aliphatic hydroxyl groups is 1. The Morgan fingerprint density at radius 3 is 2.50 bits per heavy atom. The summed E-state index contributed by atoms with van der Waals surface area (Å²) < 4.78 is 0. The van der Waals surface area contributed by atoms with Crippen LogP contribution in [0.2, 0.25) is 5.02 Å². The lowest BCUT2D eigenvalue weighted by molar-refractivity contribution is 0.198. The second-order valence-corrected chi connectivity index (χ2v) is 4.72. The summed E-state index contributed by atoms with van der Waals surface area (Å²) in [5, 5.41) is 15.3. The largest absolute Gasteiger partial charge is 0.394 e. The molecule has 0 radical (unpaired) electrons. The first-order chi connectivity index (χ1) is 8.56. The zero-order chi connectivity index (χ0) is 13.5. The smallest absolute Gasteiger partial charge is 0.319 e. The number of carbonyl (C=O) groups is 1. The molecule has 0 aromatic heterocycles. The molecule has 0 bridgehead atoms. The van der Waals surface area contributed by atoms with Gasteiger partial charge in [0.05, 0.1) is 12.6 Å². The number of aliphatic hydroxyl groups excluding tert-OH is 1. The summed E-state index contributed by atoms with van der Waals surface area (Å²) in [6.45, 7) is 3.94. The van der Waals surface area contributed by atoms with E-state index < -0.39 is 0 Å². The van der Waals surface area contributed by atoms with Crippen molar-refractivity contribution in [2.45, 2.75) is 26.3 Å². The van der Waals surface area contributed by atoms with E-state index in [-0.39, 0.29) is 24.6 Å². The van der Waals surface area contributed by atoms with Gasteiger partial charge in [-0.15, -0.1) is 0 Å². The van der Waals surface area contributed by atoms with Crippen molar-refractivity contribution >= 4 is 23.3 Å². The monoisotopic (exact) mass is 270 g/mol. The first kappa shape index (κ1) is 14.8. The molecule has 0 aliphatic heterocycles. The van der Waals surface area contributed by atoms with Gasteiger partial charge >= 0.3 is 6.03 Å². The van der Waals surface area contributed by atoms with Crippen molar-refractivity contribution in [3.63, 3.8) is 0 Å². The molecule has 0 aliphatic carbocycles. The summed E-state index contributed by atoms with van der Waals surface area (Å²) in [7, 11) is 0. The zero-order valence-corrected chi connectivity index (χ0v) is 11.4. The lowest BCUT2D eigenvalue weighted by Gasteiger charge is -2.22. The van der Waals surface area contributed by atoms with E-state index in [1.807, 2.05) is 13.8 Å². The molecule has 0 aliphatic rings. The summed E-state index contributed by atoms with van der Waals surface area (Å²) in [6, 6.07) is 6.29. The third kappa shape index (κ3) is 4.55. The predicted molar refractivity (Wildman–Crippen MR) is 73.9 cm³/mol. The van der Waals surface area contributed by atoms with Crippen LogP contribution in [0.25, 0.3) is 0 Å². The third-order valence-electron chi connectivity index (χ3n) is 2.95. The van der Waals surface area contributed by atoms with Gasteiger partial charge in [0.2, 0.25) is 0 Å². The number of rotatable bonds is 5. The van der Waals surface area contributed by atoms with Crippen LogP contribution in [0.4, 0.5) is 10.5 Å². The lowest BCUT2D eigenvalue weighted by Crippen LogP contribution is -2.43. The quantitative estimate of drug-likeness (QED) is 0.770. The number of halogens is 1. The number of nitrogens with one attached hydrogen (secondary N) is 2. The molecule has 0 heterocycles. The summed E-state index contributed by atoms with van der Waals surface area (Å²) in [5.41, 5.74) is 0.665. The van der Waals surface area contributed by atoms with Gasteiger partial charge in [0.25, 0.3) is 0 Å². The number of anilines is 1. The fourth-order valence-electron chi connectivity index (χ4n) is 1.52. The van der Waals surface area contributed by atoms with Gasteiger partial charge in [-0.25, -0.2) is 4.79 Å². The van der Waals surface area contributed by atoms with E-state index in [0.717, 1.165) is 6.42 Å². The van der Waals surface area contributed by atoms with Gasteiger partial charge in [-0.1, -0.05) is 31.9 Å². The Hall–Kier alpha value is -1.26. The molecule has 100 valence electrons. The molecule has 2 amide bonds. The minimum atomic E-state index is -0.323. The highest BCUT2D eigenvalue weighted by atomic mass is 35.5. The number of benzene rings is 1. The van der Waals surface area contributed by atoms with Gasteiger partial charge in [-0.2, -0.15) is 0 Å². The predicted octanol–water partition coefficient (Wildman–Crippen LogP) is 2.87. The maximum Gasteiger partial charge on any atom is 0.319 e. The van der Waals surface area contributed by atoms with Gasteiger partial charge in [0, 0.05) is 10.7 Å². The molecule has 5 heteroatoms. The van der Waals surface area contributed by atoms with E-state index in [1.54, 1.807) is 24.3 Å². The van der Waals surface area contributed by atoms with Crippen LogP contribution in [0, 0.1) is 5.92 Å². The maximum atomic E-state index is 11.7. The molecule has 18 heavy (non-hydrogen) atoms. The average molecular weight is 271 g/mol. The van der Waals surface area contributed by atoms with Gasteiger partial charge in [-0.3, -0.25) is 0 Å². The highest BCUT2D eigenvalue weighted by molar-refractivity contribution is 6.30. The van der Waals surface area contributed by atoms with E-state index in [1.165, 1.54) is 0 Å². The Bertz CT molecular complexity index is 381. The topological polar surface area (TPSA) is 61.4 Å². The highest BCUT2D eigenvalue weighted by Gasteiger charge is 2.17. The number of carbonyl (C=O) groups excluding carboxylic acids is 1. The molecule has 0 unspecified atom stereocenters. The Kier molecular flexibility index (Phi) is 5.95. The first-order valence-corrected chi connectivity index (χ1v) is 6.38. The summed E-state index contributed by atoms with van der Waals surface area (Å²) in [5.74, 6) is 0.228. The fourth-order valence-corrected chi connectivity index (χ4v) is 1.65. The van der Waals surface area contributed by atoms with Crippen LogP contribution in [0.15, 0.2) is 24.3 Å². The number of amides is 2.